The Labute approximate surface area is 180 Å². The molecular weight excluding hydrogens is 392 g/mol. The van der Waals surface area contributed by atoms with E-state index in [1.54, 1.807) is 13.3 Å². The van der Waals surface area contributed by atoms with Crippen molar-refractivity contribution in [3.63, 3.8) is 0 Å². The molecule has 4 heterocycles. The van der Waals surface area contributed by atoms with Crippen LogP contribution in [0.15, 0.2) is 35.3 Å². The van der Waals surface area contributed by atoms with E-state index in [2.05, 4.69) is 34.1 Å². The topological polar surface area (TPSA) is 82.0 Å². The molecule has 1 N–H and O–H groups in total. The van der Waals surface area contributed by atoms with Gasteiger partial charge in [-0.3, -0.25) is 9.48 Å². The summed E-state index contributed by atoms with van der Waals surface area (Å²) in [6.45, 7) is 7.58. The Morgan fingerprint density at radius 2 is 2.06 bits per heavy atom. The number of methoxy groups -OCH3 is 1. The first-order valence-corrected chi connectivity index (χ1v) is 10.6. The maximum atomic E-state index is 12.9. The molecule has 1 aromatic carbocycles. The molecule has 1 fully saturated rings. The number of hydrogen-bond acceptors (Lipinski definition) is 5. The van der Waals surface area contributed by atoms with Crippen molar-refractivity contribution in [3.8, 4) is 17.0 Å². The molecule has 3 aromatic heterocycles. The van der Waals surface area contributed by atoms with Gasteiger partial charge in [0.15, 0.2) is 0 Å². The summed E-state index contributed by atoms with van der Waals surface area (Å²) in [6, 6.07) is 8.37. The van der Waals surface area contributed by atoms with Gasteiger partial charge in [-0.1, -0.05) is 19.1 Å². The monoisotopic (exact) mass is 418 g/mol. The molecule has 5 rings (SSSR count). The van der Waals surface area contributed by atoms with Gasteiger partial charge in [-0.2, -0.15) is 5.10 Å². The van der Waals surface area contributed by atoms with Gasteiger partial charge in [0.2, 0.25) is 5.88 Å². The van der Waals surface area contributed by atoms with Gasteiger partial charge < -0.3 is 14.5 Å². The van der Waals surface area contributed by atoms with Crippen LogP contribution in [0.5, 0.6) is 5.88 Å². The molecule has 0 radical (unpaired) electrons. The number of aromatic amines is 1. The van der Waals surface area contributed by atoms with E-state index in [9.17, 15) is 4.79 Å². The molecule has 1 aliphatic heterocycles. The number of aromatic nitrogens is 4. The molecule has 1 saturated heterocycles. The summed E-state index contributed by atoms with van der Waals surface area (Å²) in [7, 11) is 1.63. The third-order valence-electron chi connectivity index (χ3n) is 6.27. The van der Waals surface area contributed by atoms with E-state index in [1.807, 2.05) is 30.7 Å². The highest BCUT2D eigenvalue weighted by Gasteiger charge is 2.27. The Bertz CT molecular complexity index is 1350. The molecular formula is C24H26N4O3. The van der Waals surface area contributed by atoms with Crippen molar-refractivity contribution in [1.29, 1.82) is 0 Å². The Balaban J connectivity index is 1.74. The number of aryl methyl sites for hydroxylation is 2. The van der Waals surface area contributed by atoms with Crippen molar-refractivity contribution in [1.82, 2.24) is 19.7 Å². The lowest BCUT2D eigenvalue weighted by Gasteiger charge is -2.29. The Hall–Kier alpha value is -3.19. The Morgan fingerprint density at radius 3 is 2.84 bits per heavy atom. The van der Waals surface area contributed by atoms with Crippen molar-refractivity contribution in [2.45, 2.75) is 33.2 Å². The zero-order valence-electron chi connectivity index (χ0n) is 18.2. The third kappa shape index (κ3) is 3.20. The Morgan fingerprint density at radius 1 is 1.23 bits per heavy atom. The number of pyridine rings is 2. The normalized spacial score (nSPS) is 19.2. The molecule has 4 aromatic rings. The Kier molecular flexibility index (Phi) is 4.78. The standard InChI is InChI=1S/C24H26N4O3/c1-13-9-15(3)26-24(30-4)21(13)16-5-6-17-19(10-16)27-23(29)18-11-25-28(22(17)18)20-7-8-31-12-14(20)2/h5-6,9-11,14,20H,7-8,12H2,1-4H3,(H,27,29)/t14-,20-/m1/s1. The third-order valence-corrected chi connectivity index (χ3v) is 6.27. The minimum atomic E-state index is -0.128. The highest BCUT2D eigenvalue weighted by Crippen LogP contribution is 2.36. The molecule has 7 heteroatoms. The molecule has 0 aliphatic carbocycles. The summed E-state index contributed by atoms with van der Waals surface area (Å²) in [4.78, 5) is 20.5. The van der Waals surface area contributed by atoms with Gasteiger partial charge in [0.05, 0.1) is 42.4 Å². The van der Waals surface area contributed by atoms with Crippen LogP contribution in [0.2, 0.25) is 0 Å². The van der Waals surface area contributed by atoms with Gasteiger partial charge in [-0.25, -0.2) is 4.98 Å². The quantitative estimate of drug-likeness (QED) is 0.540. The van der Waals surface area contributed by atoms with Crippen LogP contribution in [0.1, 0.15) is 30.6 Å². The number of fused-ring (bicyclic) bond motifs is 3. The van der Waals surface area contributed by atoms with Crippen molar-refractivity contribution in [2.75, 3.05) is 20.3 Å². The van der Waals surface area contributed by atoms with Crippen molar-refractivity contribution < 1.29 is 9.47 Å². The molecule has 0 spiro atoms. The van der Waals surface area contributed by atoms with Crippen LogP contribution < -0.4 is 10.3 Å². The fourth-order valence-electron chi connectivity index (χ4n) is 4.78. The van der Waals surface area contributed by atoms with Crippen LogP contribution in [0.25, 0.3) is 32.9 Å². The minimum Gasteiger partial charge on any atom is -0.481 e. The highest BCUT2D eigenvalue weighted by atomic mass is 16.5. The SMILES string of the molecule is COc1nc(C)cc(C)c1-c1ccc2c(c1)[nH]c(=O)c1cnn([C@@H]3CCOC[C@H]3C)c12. The maximum Gasteiger partial charge on any atom is 0.259 e. The summed E-state index contributed by atoms with van der Waals surface area (Å²) in [6.07, 6.45) is 2.57. The lowest BCUT2D eigenvalue weighted by molar-refractivity contribution is 0.0264. The van der Waals surface area contributed by atoms with Gasteiger partial charge >= 0.3 is 0 Å². The number of ether oxygens (including phenoxy) is 2. The summed E-state index contributed by atoms with van der Waals surface area (Å²) in [5.41, 5.74) is 5.40. The van der Waals surface area contributed by atoms with Crippen molar-refractivity contribution in [2.24, 2.45) is 5.92 Å². The smallest absolute Gasteiger partial charge is 0.259 e. The molecule has 0 amide bonds. The number of H-pyrrole nitrogens is 1. The van der Waals surface area contributed by atoms with E-state index >= 15 is 0 Å². The first kappa shape index (κ1) is 19.8. The second-order valence-corrected chi connectivity index (χ2v) is 8.44. The fourth-order valence-corrected chi connectivity index (χ4v) is 4.78. The van der Waals surface area contributed by atoms with Crippen LogP contribution in [0.3, 0.4) is 0 Å². The number of hydrogen-bond donors (Lipinski definition) is 1. The van der Waals surface area contributed by atoms with E-state index in [0.717, 1.165) is 45.2 Å². The van der Waals surface area contributed by atoms with Gasteiger partial charge in [-0.15, -0.1) is 0 Å². The van der Waals surface area contributed by atoms with E-state index in [-0.39, 0.29) is 11.6 Å². The molecule has 7 nitrogen and oxygen atoms in total. The van der Waals surface area contributed by atoms with E-state index in [1.165, 1.54) is 0 Å². The minimum absolute atomic E-state index is 0.128. The molecule has 0 unspecified atom stereocenters. The van der Waals surface area contributed by atoms with E-state index in [4.69, 9.17) is 9.47 Å². The summed E-state index contributed by atoms with van der Waals surface area (Å²) in [5, 5.41) is 6.22. The van der Waals surface area contributed by atoms with Crippen LogP contribution in [0.4, 0.5) is 0 Å². The zero-order valence-corrected chi connectivity index (χ0v) is 18.2. The second kappa shape index (κ2) is 7.50. The van der Waals surface area contributed by atoms with Crippen LogP contribution >= 0.6 is 0 Å². The molecule has 0 bridgehead atoms. The number of nitrogens with zero attached hydrogens (tertiary/aromatic N) is 3. The van der Waals surface area contributed by atoms with Crippen LogP contribution in [-0.2, 0) is 4.74 Å². The predicted octanol–water partition coefficient (Wildman–Crippen LogP) is 4.16. The number of nitrogens with one attached hydrogen (secondary N) is 1. The molecule has 0 saturated carbocycles. The first-order valence-electron chi connectivity index (χ1n) is 10.6. The predicted molar refractivity (Wildman–Crippen MR) is 121 cm³/mol. The van der Waals surface area contributed by atoms with Gasteiger partial charge in [0.25, 0.3) is 5.56 Å². The van der Waals surface area contributed by atoms with E-state index < -0.39 is 0 Å². The second-order valence-electron chi connectivity index (χ2n) is 8.44. The average molecular weight is 418 g/mol. The summed E-state index contributed by atoms with van der Waals surface area (Å²) >= 11 is 0. The molecule has 160 valence electrons. The summed E-state index contributed by atoms with van der Waals surface area (Å²) in [5.74, 6) is 0.914. The van der Waals surface area contributed by atoms with E-state index in [0.29, 0.717) is 30.4 Å². The fraction of sp³-hybridized carbons (Fsp3) is 0.375. The molecule has 2 atom stereocenters. The van der Waals surface area contributed by atoms with Crippen molar-refractivity contribution in [3.05, 3.63) is 52.1 Å². The number of rotatable bonds is 3. The molecule has 31 heavy (non-hydrogen) atoms. The maximum absolute atomic E-state index is 12.9. The first-order chi connectivity index (χ1) is 15.0. The van der Waals surface area contributed by atoms with Crippen molar-refractivity contribution >= 4 is 21.8 Å². The lowest BCUT2D eigenvalue weighted by Crippen LogP contribution is -2.28. The van der Waals surface area contributed by atoms with Crippen LogP contribution in [-0.4, -0.2) is 40.1 Å². The zero-order chi connectivity index (χ0) is 21.7. The lowest BCUT2D eigenvalue weighted by atomic mass is 9.97. The number of benzene rings is 1. The largest absolute Gasteiger partial charge is 0.481 e. The van der Waals surface area contributed by atoms with Crippen LogP contribution in [0, 0.1) is 19.8 Å². The average Bonchev–Trinajstić information content (AvgIpc) is 3.19. The summed E-state index contributed by atoms with van der Waals surface area (Å²) < 4.78 is 13.2. The molecule has 1 aliphatic rings. The highest BCUT2D eigenvalue weighted by molar-refractivity contribution is 6.04. The van der Waals surface area contributed by atoms with Gasteiger partial charge in [0, 0.05) is 29.2 Å². The van der Waals surface area contributed by atoms with Gasteiger partial charge in [-0.05, 0) is 43.5 Å². The van der Waals surface area contributed by atoms with Gasteiger partial charge in [0.1, 0.15) is 0 Å².